The van der Waals surface area contributed by atoms with Gasteiger partial charge in [-0.25, -0.2) is 0 Å². The highest BCUT2D eigenvalue weighted by molar-refractivity contribution is 5.42. The standard InChI is InChI=1S/C21H32/c1-4-5-16-7-9-20-19-13-15-12-14(2)6-8-17(15)18(19)10-11-21(16,20)3/h8,12,14,16,18-20H,4-7,9-11,13H2,1-3H3. The van der Waals surface area contributed by atoms with Crippen molar-refractivity contribution in [2.75, 3.05) is 0 Å². The summed E-state index contributed by atoms with van der Waals surface area (Å²) in [6, 6.07) is 0. The zero-order valence-electron chi connectivity index (χ0n) is 14.2. The van der Waals surface area contributed by atoms with Crippen LogP contribution in [0.5, 0.6) is 0 Å². The van der Waals surface area contributed by atoms with E-state index in [-0.39, 0.29) is 0 Å². The maximum atomic E-state index is 2.66. The minimum absolute atomic E-state index is 0.678. The molecule has 3 saturated carbocycles. The third kappa shape index (κ3) is 2.01. The second-order valence-corrected chi connectivity index (χ2v) is 8.75. The number of allylic oxidation sites excluding steroid dienone is 4. The molecule has 6 unspecified atom stereocenters. The third-order valence-corrected chi connectivity index (χ3v) is 7.69. The predicted molar refractivity (Wildman–Crippen MR) is 90.0 cm³/mol. The molecule has 0 radical (unpaired) electrons. The summed E-state index contributed by atoms with van der Waals surface area (Å²) in [5.74, 6) is 4.76. The number of hydrogen-bond donors (Lipinski definition) is 0. The maximum Gasteiger partial charge on any atom is -0.0128 e. The average Bonchev–Trinajstić information content (AvgIpc) is 2.97. The molecule has 0 spiro atoms. The molecule has 0 N–H and O–H groups in total. The van der Waals surface area contributed by atoms with Crippen LogP contribution in [0.4, 0.5) is 0 Å². The monoisotopic (exact) mass is 284 g/mol. The fourth-order valence-corrected chi connectivity index (χ4v) is 6.67. The van der Waals surface area contributed by atoms with Crippen LogP contribution in [0.3, 0.4) is 0 Å². The van der Waals surface area contributed by atoms with E-state index in [2.05, 4.69) is 32.9 Å². The van der Waals surface area contributed by atoms with Crippen LogP contribution in [0.2, 0.25) is 0 Å². The topological polar surface area (TPSA) is 0 Å². The van der Waals surface area contributed by atoms with Crippen LogP contribution >= 0.6 is 0 Å². The molecular weight excluding hydrogens is 252 g/mol. The minimum atomic E-state index is 0.678. The van der Waals surface area contributed by atoms with Crippen molar-refractivity contribution in [1.82, 2.24) is 0 Å². The lowest BCUT2D eigenvalue weighted by atomic mass is 9.58. The Morgan fingerprint density at radius 3 is 2.90 bits per heavy atom. The Hall–Kier alpha value is -0.520. The molecule has 0 amide bonds. The second kappa shape index (κ2) is 5.00. The molecule has 21 heavy (non-hydrogen) atoms. The Labute approximate surface area is 131 Å². The summed E-state index contributed by atoms with van der Waals surface area (Å²) < 4.78 is 0. The van der Waals surface area contributed by atoms with Gasteiger partial charge in [0.2, 0.25) is 0 Å². The lowest BCUT2D eigenvalue weighted by Crippen LogP contribution is -2.39. The number of hydrogen-bond acceptors (Lipinski definition) is 0. The van der Waals surface area contributed by atoms with Gasteiger partial charge in [0, 0.05) is 0 Å². The first-order valence-corrected chi connectivity index (χ1v) is 9.54. The molecule has 4 aliphatic carbocycles. The number of rotatable bonds is 2. The molecule has 4 aliphatic rings. The lowest BCUT2D eigenvalue weighted by molar-refractivity contribution is 0.0311. The molecular formula is C21H32. The van der Waals surface area contributed by atoms with E-state index in [1.807, 2.05) is 0 Å². The lowest BCUT2D eigenvalue weighted by Gasteiger charge is -2.47. The van der Waals surface area contributed by atoms with E-state index in [1.54, 1.807) is 11.1 Å². The summed E-state index contributed by atoms with van der Waals surface area (Å²) in [6.07, 6.45) is 16.8. The van der Waals surface area contributed by atoms with E-state index in [4.69, 9.17) is 0 Å². The van der Waals surface area contributed by atoms with E-state index in [0.717, 1.165) is 29.6 Å². The van der Waals surface area contributed by atoms with E-state index >= 15 is 0 Å². The van der Waals surface area contributed by atoms with Crippen molar-refractivity contribution in [2.45, 2.75) is 72.1 Å². The molecule has 0 bridgehead atoms. The summed E-state index contributed by atoms with van der Waals surface area (Å²) in [7, 11) is 0. The predicted octanol–water partition coefficient (Wildman–Crippen LogP) is 6.14. The molecule has 0 nitrogen and oxygen atoms in total. The molecule has 3 fully saturated rings. The molecule has 4 rings (SSSR count). The average molecular weight is 284 g/mol. The molecule has 0 aromatic heterocycles. The zero-order chi connectivity index (χ0) is 14.6. The summed E-state index contributed by atoms with van der Waals surface area (Å²) in [4.78, 5) is 0. The van der Waals surface area contributed by atoms with Gasteiger partial charge >= 0.3 is 0 Å². The fraction of sp³-hybridized carbons (Fsp3) is 0.810. The third-order valence-electron chi connectivity index (χ3n) is 7.69. The van der Waals surface area contributed by atoms with Crippen LogP contribution in [0, 0.1) is 35.0 Å². The Kier molecular flexibility index (Phi) is 3.36. The van der Waals surface area contributed by atoms with Gasteiger partial charge in [0.15, 0.2) is 0 Å². The quantitative estimate of drug-likeness (QED) is 0.571. The van der Waals surface area contributed by atoms with Crippen LogP contribution in [0.15, 0.2) is 23.3 Å². The summed E-state index contributed by atoms with van der Waals surface area (Å²) in [5.41, 5.74) is 4.23. The molecule has 0 aromatic rings. The molecule has 116 valence electrons. The van der Waals surface area contributed by atoms with Crippen LogP contribution in [-0.4, -0.2) is 0 Å². The largest absolute Gasteiger partial charge is 0.0802 e. The molecule has 0 heterocycles. The molecule has 0 saturated heterocycles. The van der Waals surface area contributed by atoms with Crippen LogP contribution in [-0.2, 0) is 0 Å². The summed E-state index contributed by atoms with van der Waals surface area (Å²) in [5, 5.41) is 0. The van der Waals surface area contributed by atoms with E-state index in [0.29, 0.717) is 5.41 Å². The normalized spacial score (nSPS) is 48.2. The van der Waals surface area contributed by atoms with Crippen molar-refractivity contribution >= 4 is 0 Å². The highest BCUT2D eigenvalue weighted by Gasteiger charge is 2.55. The van der Waals surface area contributed by atoms with Gasteiger partial charge in [-0.2, -0.15) is 0 Å². The van der Waals surface area contributed by atoms with Gasteiger partial charge in [0.1, 0.15) is 0 Å². The zero-order valence-corrected chi connectivity index (χ0v) is 14.2. The first kappa shape index (κ1) is 14.1. The van der Waals surface area contributed by atoms with Gasteiger partial charge in [0.05, 0.1) is 0 Å². The van der Waals surface area contributed by atoms with E-state index < -0.39 is 0 Å². The van der Waals surface area contributed by atoms with Crippen LogP contribution in [0.25, 0.3) is 0 Å². The highest BCUT2D eigenvalue weighted by Crippen LogP contribution is 2.65. The van der Waals surface area contributed by atoms with Crippen molar-refractivity contribution in [1.29, 1.82) is 0 Å². The van der Waals surface area contributed by atoms with Crippen molar-refractivity contribution in [3.8, 4) is 0 Å². The van der Waals surface area contributed by atoms with Gasteiger partial charge < -0.3 is 0 Å². The first-order valence-electron chi connectivity index (χ1n) is 9.54. The Balaban J connectivity index is 1.62. The Morgan fingerprint density at radius 1 is 1.24 bits per heavy atom. The van der Waals surface area contributed by atoms with E-state index in [1.165, 1.54) is 51.4 Å². The van der Waals surface area contributed by atoms with Crippen molar-refractivity contribution < 1.29 is 0 Å². The first-order chi connectivity index (χ1) is 10.1. The molecule has 6 atom stereocenters. The Bertz CT molecular complexity index is 482. The van der Waals surface area contributed by atoms with Crippen molar-refractivity contribution in [3.05, 3.63) is 23.3 Å². The SMILES string of the molecule is CCCC1CCC2C3CC4=CC(C)CC=C4C3CCC12C. The molecule has 0 heteroatoms. The smallest absolute Gasteiger partial charge is 0.0128 e. The minimum Gasteiger partial charge on any atom is -0.0802 e. The van der Waals surface area contributed by atoms with Gasteiger partial charge in [-0.1, -0.05) is 45.8 Å². The second-order valence-electron chi connectivity index (χ2n) is 8.75. The molecule has 0 aliphatic heterocycles. The van der Waals surface area contributed by atoms with Crippen LogP contribution in [0.1, 0.15) is 72.1 Å². The van der Waals surface area contributed by atoms with Gasteiger partial charge in [-0.05, 0) is 84.7 Å². The highest BCUT2D eigenvalue weighted by atomic mass is 14.6. The summed E-state index contributed by atoms with van der Waals surface area (Å²) in [6.45, 7) is 7.43. The maximum absolute atomic E-state index is 2.66. The Morgan fingerprint density at radius 2 is 2.10 bits per heavy atom. The molecule has 0 aromatic carbocycles. The fourth-order valence-electron chi connectivity index (χ4n) is 6.67. The number of fused-ring (bicyclic) bond motifs is 5. The van der Waals surface area contributed by atoms with E-state index in [9.17, 15) is 0 Å². The van der Waals surface area contributed by atoms with Crippen molar-refractivity contribution in [3.63, 3.8) is 0 Å². The van der Waals surface area contributed by atoms with Gasteiger partial charge in [0.25, 0.3) is 0 Å². The van der Waals surface area contributed by atoms with Crippen LogP contribution < -0.4 is 0 Å². The summed E-state index contributed by atoms with van der Waals surface area (Å²) >= 11 is 0. The van der Waals surface area contributed by atoms with Gasteiger partial charge in [-0.3, -0.25) is 0 Å². The van der Waals surface area contributed by atoms with Crippen molar-refractivity contribution in [2.24, 2.45) is 35.0 Å². The van der Waals surface area contributed by atoms with Gasteiger partial charge in [-0.15, -0.1) is 0 Å².